The number of benzene rings is 2. The van der Waals surface area contributed by atoms with Crippen molar-refractivity contribution in [3.63, 3.8) is 0 Å². The number of sulfonamides is 1. The van der Waals surface area contributed by atoms with Crippen molar-refractivity contribution in [3.8, 4) is 0 Å². The molecule has 0 unspecified atom stereocenters. The van der Waals surface area contributed by atoms with E-state index in [2.05, 4.69) is 10.3 Å². The lowest BCUT2D eigenvalue weighted by atomic mass is 10.1. The van der Waals surface area contributed by atoms with Crippen molar-refractivity contribution in [2.45, 2.75) is 32.6 Å². The van der Waals surface area contributed by atoms with E-state index in [0.29, 0.717) is 18.8 Å². The molecule has 0 radical (unpaired) electrons. The number of anilines is 1. The second-order valence-electron chi connectivity index (χ2n) is 6.84. The topological polar surface area (TPSA) is 79.4 Å². The molecule has 0 atom stereocenters. The van der Waals surface area contributed by atoms with Crippen LogP contribution in [0.1, 0.15) is 30.0 Å². The zero-order chi connectivity index (χ0) is 21.9. The standard InChI is InChI=1S/C22H25N3O3S2/c1-5-25(6-2)30(27,28)17-13-15(3)16(4)19(14-17)23-21(26)11-12-22-24-18-9-7-8-10-20(18)29-22/h7-14H,5-6H2,1-4H3,(H,23,26)/b12-11+. The maximum Gasteiger partial charge on any atom is 0.248 e. The highest BCUT2D eigenvalue weighted by molar-refractivity contribution is 7.89. The van der Waals surface area contributed by atoms with Crippen LogP contribution in [0.3, 0.4) is 0 Å². The van der Waals surface area contributed by atoms with Gasteiger partial charge in [0, 0.05) is 24.9 Å². The van der Waals surface area contributed by atoms with E-state index in [4.69, 9.17) is 0 Å². The molecular formula is C22H25N3O3S2. The van der Waals surface area contributed by atoms with Crippen LogP contribution in [-0.4, -0.2) is 36.7 Å². The van der Waals surface area contributed by atoms with E-state index in [0.717, 1.165) is 26.4 Å². The number of amides is 1. The number of hydrogen-bond donors (Lipinski definition) is 1. The molecule has 0 spiro atoms. The lowest BCUT2D eigenvalue weighted by Gasteiger charge is -2.20. The summed E-state index contributed by atoms with van der Waals surface area (Å²) in [4.78, 5) is 17.1. The number of aryl methyl sites for hydroxylation is 1. The Morgan fingerprint density at radius 1 is 1.17 bits per heavy atom. The van der Waals surface area contributed by atoms with Gasteiger partial charge in [-0.3, -0.25) is 4.79 Å². The molecule has 0 aliphatic carbocycles. The largest absolute Gasteiger partial charge is 0.322 e. The van der Waals surface area contributed by atoms with Crippen molar-refractivity contribution in [3.05, 3.63) is 58.6 Å². The zero-order valence-electron chi connectivity index (χ0n) is 17.5. The van der Waals surface area contributed by atoms with Crippen LogP contribution >= 0.6 is 11.3 Å². The molecule has 3 rings (SSSR count). The van der Waals surface area contributed by atoms with Gasteiger partial charge in [0.2, 0.25) is 15.9 Å². The molecule has 0 aliphatic rings. The summed E-state index contributed by atoms with van der Waals surface area (Å²) in [5, 5.41) is 3.54. The maximum absolute atomic E-state index is 12.9. The van der Waals surface area contributed by atoms with Crippen LogP contribution in [-0.2, 0) is 14.8 Å². The quantitative estimate of drug-likeness (QED) is 0.542. The predicted octanol–water partition coefficient (Wildman–Crippen LogP) is 4.60. The molecule has 1 N–H and O–H groups in total. The van der Waals surface area contributed by atoms with Gasteiger partial charge in [-0.25, -0.2) is 13.4 Å². The molecular weight excluding hydrogens is 418 g/mol. The van der Waals surface area contributed by atoms with Gasteiger partial charge in [0.25, 0.3) is 0 Å². The Kier molecular flexibility index (Phi) is 6.70. The van der Waals surface area contributed by atoms with Gasteiger partial charge in [0.15, 0.2) is 0 Å². The second-order valence-corrected chi connectivity index (χ2v) is 9.84. The number of thiazole rings is 1. The molecule has 30 heavy (non-hydrogen) atoms. The van der Waals surface area contributed by atoms with Crippen LogP contribution in [0.5, 0.6) is 0 Å². The highest BCUT2D eigenvalue weighted by atomic mass is 32.2. The van der Waals surface area contributed by atoms with Crippen molar-refractivity contribution in [2.75, 3.05) is 18.4 Å². The summed E-state index contributed by atoms with van der Waals surface area (Å²) in [6.07, 6.45) is 3.08. The minimum absolute atomic E-state index is 0.180. The van der Waals surface area contributed by atoms with Crippen LogP contribution in [0.2, 0.25) is 0 Å². The Labute approximate surface area is 181 Å². The molecule has 158 valence electrons. The number of hydrogen-bond acceptors (Lipinski definition) is 5. The molecule has 8 heteroatoms. The van der Waals surface area contributed by atoms with E-state index in [1.807, 2.05) is 38.1 Å². The number of para-hydroxylation sites is 1. The molecule has 6 nitrogen and oxygen atoms in total. The van der Waals surface area contributed by atoms with Gasteiger partial charge < -0.3 is 5.32 Å². The minimum Gasteiger partial charge on any atom is -0.322 e. The number of nitrogens with zero attached hydrogens (tertiary/aromatic N) is 2. The fourth-order valence-corrected chi connectivity index (χ4v) is 5.54. The number of rotatable bonds is 7. The van der Waals surface area contributed by atoms with Gasteiger partial charge in [-0.2, -0.15) is 4.31 Å². The maximum atomic E-state index is 12.9. The smallest absolute Gasteiger partial charge is 0.248 e. The van der Waals surface area contributed by atoms with Crippen LogP contribution in [0.4, 0.5) is 5.69 Å². The number of nitrogens with one attached hydrogen (secondary N) is 1. The molecule has 1 aromatic heterocycles. The summed E-state index contributed by atoms with van der Waals surface area (Å²) in [5.74, 6) is -0.339. The monoisotopic (exact) mass is 443 g/mol. The number of aromatic nitrogens is 1. The summed E-state index contributed by atoms with van der Waals surface area (Å²) in [6.45, 7) is 8.07. The average Bonchev–Trinajstić information content (AvgIpc) is 3.13. The Morgan fingerprint density at radius 2 is 1.87 bits per heavy atom. The third kappa shape index (κ3) is 4.61. The molecule has 3 aromatic rings. The van der Waals surface area contributed by atoms with Crippen LogP contribution in [0.15, 0.2) is 47.4 Å². The van der Waals surface area contributed by atoms with Gasteiger partial charge >= 0.3 is 0 Å². The van der Waals surface area contributed by atoms with Gasteiger partial charge in [0.05, 0.1) is 15.1 Å². The Bertz CT molecular complexity index is 1180. The third-order valence-electron chi connectivity index (χ3n) is 4.93. The highest BCUT2D eigenvalue weighted by Gasteiger charge is 2.23. The van der Waals surface area contributed by atoms with E-state index in [1.165, 1.54) is 27.8 Å². The van der Waals surface area contributed by atoms with Crippen LogP contribution in [0.25, 0.3) is 16.3 Å². The number of fused-ring (bicyclic) bond motifs is 1. The van der Waals surface area contributed by atoms with Crippen molar-refractivity contribution in [1.29, 1.82) is 0 Å². The first-order valence-electron chi connectivity index (χ1n) is 9.72. The lowest BCUT2D eigenvalue weighted by molar-refractivity contribution is -0.111. The van der Waals surface area contributed by atoms with E-state index in [-0.39, 0.29) is 10.8 Å². The fraction of sp³-hybridized carbons (Fsp3) is 0.273. The van der Waals surface area contributed by atoms with Gasteiger partial charge in [0.1, 0.15) is 5.01 Å². The molecule has 2 aromatic carbocycles. The SMILES string of the molecule is CCN(CC)S(=O)(=O)c1cc(C)c(C)c(NC(=O)/C=C/c2nc3ccccc3s2)c1. The summed E-state index contributed by atoms with van der Waals surface area (Å²) in [7, 11) is -3.61. The van der Waals surface area contributed by atoms with Crippen LogP contribution in [0, 0.1) is 13.8 Å². The van der Waals surface area contributed by atoms with E-state index in [9.17, 15) is 13.2 Å². The number of carbonyl (C=O) groups excluding carboxylic acids is 1. The Balaban J connectivity index is 1.84. The first-order valence-corrected chi connectivity index (χ1v) is 12.0. The Hall–Kier alpha value is -2.55. The second kappa shape index (κ2) is 9.07. The normalized spacial score (nSPS) is 12.2. The predicted molar refractivity (Wildman–Crippen MR) is 123 cm³/mol. The number of carbonyl (C=O) groups is 1. The summed E-state index contributed by atoms with van der Waals surface area (Å²) in [5.41, 5.74) is 3.01. The first kappa shape index (κ1) is 22.1. The lowest BCUT2D eigenvalue weighted by Crippen LogP contribution is -2.30. The summed E-state index contributed by atoms with van der Waals surface area (Å²) < 4.78 is 28.2. The van der Waals surface area contributed by atoms with E-state index >= 15 is 0 Å². The van der Waals surface area contributed by atoms with Crippen LogP contribution < -0.4 is 5.32 Å². The minimum atomic E-state index is -3.61. The first-order chi connectivity index (χ1) is 14.3. The molecule has 0 saturated carbocycles. The summed E-state index contributed by atoms with van der Waals surface area (Å²) in [6, 6.07) is 11.0. The van der Waals surface area contributed by atoms with Crippen molar-refractivity contribution in [1.82, 2.24) is 9.29 Å². The molecule has 0 bridgehead atoms. The molecule has 1 amide bonds. The third-order valence-corrected chi connectivity index (χ3v) is 7.96. The highest BCUT2D eigenvalue weighted by Crippen LogP contribution is 2.27. The molecule has 0 aliphatic heterocycles. The fourth-order valence-electron chi connectivity index (χ4n) is 3.10. The molecule has 0 saturated heterocycles. The average molecular weight is 444 g/mol. The van der Waals surface area contributed by atoms with Gasteiger partial charge in [-0.1, -0.05) is 26.0 Å². The van der Waals surface area contributed by atoms with Crippen molar-refractivity contribution < 1.29 is 13.2 Å². The molecule has 0 fully saturated rings. The summed E-state index contributed by atoms with van der Waals surface area (Å²) >= 11 is 1.50. The van der Waals surface area contributed by atoms with Gasteiger partial charge in [-0.05, 0) is 55.3 Å². The van der Waals surface area contributed by atoms with E-state index in [1.54, 1.807) is 26.0 Å². The molecule has 1 heterocycles. The van der Waals surface area contributed by atoms with Gasteiger partial charge in [-0.15, -0.1) is 11.3 Å². The Morgan fingerprint density at radius 3 is 2.53 bits per heavy atom. The van der Waals surface area contributed by atoms with Crippen molar-refractivity contribution >= 4 is 49.2 Å². The van der Waals surface area contributed by atoms with E-state index < -0.39 is 10.0 Å². The zero-order valence-corrected chi connectivity index (χ0v) is 19.1. The van der Waals surface area contributed by atoms with Crippen molar-refractivity contribution in [2.24, 2.45) is 0 Å².